The molecule has 1 aliphatic rings. The molecular weight excluding hydrogens is 422 g/mol. The first-order chi connectivity index (χ1) is 15.7. The van der Waals surface area contributed by atoms with Gasteiger partial charge >= 0.3 is 0 Å². The highest BCUT2D eigenvalue weighted by Crippen LogP contribution is 2.39. The Morgan fingerprint density at radius 2 is 1.75 bits per heavy atom. The van der Waals surface area contributed by atoms with E-state index in [4.69, 9.17) is 4.74 Å². The van der Waals surface area contributed by atoms with Crippen molar-refractivity contribution in [3.05, 3.63) is 83.8 Å². The van der Waals surface area contributed by atoms with Crippen LogP contribution in [0.4, 0.5) is 10.7 Å². The third-order valence-corrected chi connectivity index (χ3v) is 6.34. The lowest BCUT2D eigenvalue weighted by molar-refractivity contribution is 0.0959. The summed E-state index contributed by atoms with van der Waals surface area (Å²) < 4.78 is 5.50. The van der Waals surface area contributed by atoms with Crippen LogP contribution in [-0.4, -0.2) is 44.7 Å². The molecule has 0 atom stereocenters. The minimum atomic E-state index is -0.258. The van der Waals surface area contributed by atoms with E-state index in [9.17, 15) is 9.59 Å². The van der Waals surface area contributed by atoms with Crippen molar-refractivity contribution in [1.29, 1.82) is 0 Å². The molecule has 3 aromatic rings. The summed E-state index contributed by atoms with van der Waals surface area (Å²) in [6.45, 7) is 6.88. The normalized spacial score (nSPS) is 13.4. The van der Waals surface area contributed by atoms with Gasteiger partial charge in [0.15, 0.2) is 0 Å². The van der Waals surface area contributed by atoms with Gasteiger partial charge < -0.3 is 20.3 Å². The number of thiophene rings is 1. The summed E-state index contributed by atoms with van der Waals surface area (Å²) in [7, 11) is 0. The average Bonchev–Trinajstić information content (AvgIpc) is 3.30. The third-order valence-electron chi connectivity index (χ3n) is 5.15. The van der Waals surface area contributed by atoms with Gasteiger partial charge in [-0.05, 0) is 23.8 Å². The molecule has 0 spiro atoms. The summed E-state index contributed by atoms with van der Waals surface area (Å²) in [5, 5.41) is 6.73. The third kappa shape index (κ3) is 4.90. The summed E-state index contributed by atoms with van der Waals surface area (Å²) in [6, 6.07) is 19.0. The predicted octanol–water partition coefficient (Wildman–Crippen LogP) is 4.42. The van der Waals surface area contributed by atoms with Crippen molar-refractivity contribution in [2.24, 2.45) is 0 Å². The van der Waals surface area contributed by atoms with E-state index in [0.29, 0.717) is 35.9 Å². The van der Waals surface area contributed by atoms with Crippen molar-refractivity contribution < 1.29 is 14.3 Å². The molecule has 1 saturated heterocycles. The molecule has 1 aromatic heterocycles. The van der Waals surface area contributed by atoms with Crippen molar-refractivity contribution in [1.82, 2.24) is 5.32 Å². The standard InChI is InChI=1S/C25H25N3O3S/c1-2-12-26-23(29)19-10-6-7-11-21(19)27-24(30)22-17-20(18-8-4-3-5-9-18)25(32-22)28-13-15-31-16-14-28/h2-11,17H,1,12-16H2,(H,26,29)(H,27,30). The van der Waals surface area contributed by atoms with Crippen LogP contribution in [0.1, 0.15) is 20.0 Å². The molecule has 0 unspecified atom stereocenters. The van der Waals surface area contributed by atoms with Crippen LogP contribution >= 0.6 is 11.3 Å². The number of carbonyl (C=O) groups excluding carboxylic acids is 2. The van der Waals surface area contributed by atoms with Gasteiger partial charge in [-0.1, -0.05) is 48.5 Å². The quantitative estimate of drug-likeness (QED) is 0.526. The van der Waals surface area contributed by atoms with Gasteiger partial charge in [0.2, 0.25) is 0 Å². The van der Waals surface area contributed by atoms with Gasteiger partial charge in [0, 0.05) is 25.2 Å². The van der Waals surface area contributed by atoms with E-state index in [1.165, 1.54) is 11.3 Å². The highest BCUT2D eigenvalue weighted by molar-refractivity contribution is 7.18. The van der Waals surface area contributed by atoms with E-state index in [2.05, 4.69) is 22.1 Å². The minimum Gasteiger partial charge on any atom is -0.378 e. The topological polar surface area (TPSA) is 70.7 Å². The Labute approximate surface area is 191 Å². The Morgan fingerprint density at radius 1 is 1.03 bits per heavy atom. The second-order valence-corrected chi connectivity index (χ2v) is 8.32. The van der Waals surface area contributed by atoms with Crippen molar-refractivity contribution in [3.8, 4) is 11.1 Å². The van der Waals surface area contributed by atoms with Gasteiger partial charge in [0.05, 0.1) is 34.3 Å². The number of anilines is 2. The van der Waals surface area contributed by atoms with E-state index in [-0.39, 0.29) is 11.8 Å². The summed E-state index contributed by atoms with van der Waals surface area (Å²) in [4.78, 5) is 28.5. The Bertz CT molecular complexity index is 1100. The van der Waals surface area contributed by atoms with E-state index in [0.717, 1.165) is 29.2 Å². The van der Waals surface area contributed by atoms with Crippen molar-refractivity contribution in [2.45, 2.75) is 0 Å². The average molecular weight is 448 g/mol. The number of morpholine rings is 1. The number of ether oxygens (including phenoxy) is 1. The van der Waals surface area contributed by atoms with Crippen LogP contribution in [-0.2, 0) is 4.74 Å². The number of hydrogen-bond acceptors (Lipinski definition) is 5. The van der Waals surface area contributed by atoms with Crippen molar-refractivity contribution in [2.75, 3.05) is 43.1 Å². The largest absolute Gasteiger partial charge is 0.378 e. The molecule has 2 amide bonds. The number of hydrogen-bond donors (Lipinski definition) is 2. The van der Waals surface area contributed by atoms with Gasteiger partial charge in [-0.2, -0.15) is 0 Å². The fourth-order valence-corrected chi connectivity index (χ4v) is 4.68. The maximum Gasteiger partial charge on any atom is 0.265 e. The maximum atomic E-state index is 13.2. The highest BCUT2D eigenvalue weighted by atomic mass is 32.1. The van der Waals surface area contributed by atoms with E-state index < -0.39 is 0 Å². The molecule has 0 saturated carbocycles. The highest BCUT2D eigenvalue weighted by Gasteiger charge is 2.22. The van der Waals surface area contributed by atoms with Gasteiger partial charge in [0.1, 0.15) is 0 Å². The SMILES string of the molecule is C=CCNC(=O)c1ccccc1NC(=O)c1cc(-c2ccccc2)c(N2CCOCC2)s1. The number of nitrogens with zero attached hydrogens (tertiary/aromatic N) is 1. The van der Waals surface area contributed by atoms with Gasteiger partial charge in [-0.3, -0.25) is 9.59 Å². The molecule has 0 aliphatic carbocycles. The number of amides is 2. The molecule has 1 aliphatic heterocycles. The molecule has 0 radical (unpaired) electrons. The molecule has 164 valence electrons. The lowest BCUT2D eigenvalue weighted by atomic mass is 10.1. The Hall–Kier alpha value is -3.42. The molecule has 2 aromatic carbocycles. The molecule has 0 bridgehead atoms. The molecule has 2 N–H and O–H groups in total. The Balaban J connectivity index is 1.63. The van der Waals surface area contributed by atoms with Crippen LogP contribution in [0.5, 0.6) is 0 Å². The number of para-hydroxylation sites is 1. The molecular formula is C25H25N3O3S. The summed E-state index contributed by atoms with van der Waals surface area (Å²) in [6.07, 6.45) is 1.61. The fraction of sp³-hybridized carbons (Fsp3) is 0.200. The van der Waals surface area contributed by atoms with Crippen LogP contribution < -0.4 is 15.5 Å². The zero-order chi connectivity index (χ0) is 22.3. The van der Waals surface area contributed by atoms with E-state index in [1.54, 1.807) is 30.3 Å². The summed E-state index contributed by atoms with van der Waals surface area (Å²) >= 11 is 1.46. The first-order valence-electron chi connectivity index (χ1n) is 10.5. The zero-order valence-electron chi connectivity index (χ0n) is 17.7. The van der Waals surface area contributed by atoms with Crippen LogP contribution in [0.25, 0.3) is 11.1 Å². The van der Waals surface area contributed by atoms with Crippen molar-refractivity contribution in [3.63, 3.8) is 0 Å². The lowest BCUT2D eigenvalue weighted by Crippen LogP contribution is -2.35. The Morgan fingerprint density at radius 3 is 2.50 bits per heavy atom. The summed E-state index contributed by atoms with van der Waals surface area (Å²) in [5.41, 5.74) is 2.98. The monoisotopic (exact) mass is 447 g/mol. The van der Waals surface area contributed by atoms with Crippen LogP contribution in [0, 0.1) is 0 Å². The van der Waals surface area contributed by atoms with Gasteiger partial charge in [-0.25, -0.2) is 0 Å². The molecule has 2 heterocycles. The number of nitrogens with one attached hydrogen (secondary N) is 2. The summed E-state index contributed by atoms with van der Waals surface area (Å²) in [5.74, 6) is -0.498. The van der Waals surface area contributed by atoms with Crippen LogP contribution in [0.2, 0.25) is 0 Å². The molecule has 7 heteroatoms. The first-order valence-corrected chi connectivity index (χ1v) is 11.3. The number of benzene rings is 2. The molecule has 4 rings (SSSR count). The van der Waals surface area contributed by atoms with Crippen molar-refractivity contribution >= 4 is 33.8 Å². The van der Waals surface area contributed by atoms with Crippen LogP contribution in [0.3, 0.4) is 0 Å². The Kier molecular flexibility index (Phi) is 6.99. The van der Waals surface area contributed by atoms with Gasteiger partial charge in [-0.15, -0.1) is 17.9 Å². The number of rotatable bonds is 7. The molecule has 32 heavy (non-hydrogen) atoms. The fourth-order valence-electron chi connectivity index (χ4n) is 3.55. The smallest absolute Gasteiger partial charge is 0.265 e. The molecule has 6 nitrogen and oxygen atoms in total. The predicted molar refractivity (Wildman–Crippen MR) is 130 cm³/mol. The lowest BCUT2D eigenvalue weighted by Gasteiger charge is -2.28. The van der Waals surface area contributed by atoms with Crippen LogP contribution in [0.15, 0.2) is 73.3 Å². The second-order valence-electron chi connectivity index (χ2n) is 7.29. The maximum absolute atomic E-state index is 13.2. The van der Waals surface area contributed by atoms with E-state index in [1.807, 2.05) is 36.4 Å². The van der Waals surface area contributed by atoms with E-state index >= 15 is 0 Å². The minimum absolute atomic E-state index is 0.240. The first kappa shape index (κ1) is 21.8. The molecule has 1 fully saturated rings. The van der Waals surface area contributed by atoms with Gasteiger partial charge in [0.25, 0.3) is 11.8 Å². The zero-order valence-corrected chi connectivity index (χ0v) is 18.5. The second kappa shape index (κ2) is 10.3. The number of carbonyl (C=O) groups is 2.